The summed E-state index contributed by atoms with van der Waals surface area (Å²) in [6, 6.07) is 9.49. The summed E-state index contributed by atoms with van der Waals surface area (Å²) in [5.74, 6) is -0.276. The van der Waals surface area contributed by atoms with Crippen LogP contribution in [0, 0.1) is 0 Å². The van der Waals surface area contributed by atoms with Gasteiger partial charge in [-0.15, -0.1) is 0 Å². The molecule has 18 heavy (non-hydrogen) atoms. The van der Waals surface area contributed by atoms with Crippen molar-refractivity contribution in [3.8, 4) is 0 Å². The molecular formula is C12H11BN2O3. The van der Waals surface area contributed by atoms with Gasteiger partial charge in [0.15, 0.2) is 0 Å². The van der Waals surface area contributed by atoms with E-state index in [0.29, 0.717) is 16.7 Å². The molecule has 0 aliphatic carbocycles. The largest absolute Gasteiger partial charge is 0.488 e. The van der Waals surface area contributed by atoms with Gasteiger partial charge in [-0.1, -0.05) is 12.1 Å². The summed E-state index contributed by atoms with van der Waals surface area (Å²) in [6.45, 7) is 0. The second-order valence-electron chi connectivity index (χ2n) is 3.69. The molecule has 0 bridgehead atoms. The first-order valence-electron chi connectivity index (χ1n) is 5.34. The summed E-state index contributed by atoms with van der Waals surface area (Å²) in [4.78, 5) is 15.7. The van der Waals surface area contributed by atoms with E-state index in [-0.39, 0.29) is 5.91 Å². The van der Waals surface area contributed by atoms with Gasteiger partial charge in [0.25, 0.3) is 5.91 Å². The summed E-state index contributed by atoms with van der Waals surface area (Å²) < 4.78 is 0. The second kappa shape index (κ2) is 5.44. The maximum Gasteiger partial charge on any atom is 0.488 e. The molecule has 0 unspecified atom stereocenters. The van der Waals surface area contributed by atoms with Crippen molar-refractivity contribution in [2.24, 2.45) is 0 Å². The van der Waals surface area contributed by atoms with Crippen molar-refractivity contribution in [1.82, 2.24) is 4.98 Å². The molecule has 0 saturated carbocycles. The Morgan fingerprint density at radius 1 is 1.17 bits per heavy atom. The molecule has 0 aliphatic heterocycles. The molecule has 0 saturated heterocycles. The monoisotopic (exact) mass is 242 g/mol. The summed E-state index contributed by atoms with van der Waals surface area (Å²) in [6.07, 6.45) is 3.16. The molecule has 1 aromatic carbocycles. The Hall–Kier alpha value is -2.18. The first-order chi connectivity index (χ1) is 8.66. The van der Waals surface area contributed by atoms with Gasteiger partial charge in [-0.2, -0.15) is 0 Å². The van der Waals surface area contributed by atoms with Crippen LogP contribution in [-0.4, -0.2) is 28.1 Å². The van der Waals surface area contributed by atoms with Crippen molar-refractivity contribution in [2.45, 2.75) is 0 Å². The van der Waals surface area contributed by atoms with E-state index in [1.54, 1.807) is 24.5 Å². The predicted molar refractivity (Wildman–Crippen MR) is 68.5 cm³/mol. The van der Waals surface area contributed by atoms with Gasteiger partial charge in [0, 0.05) is 11.8 Å². The van der Waals surface area contributed by atoms with E-state index in [2.05, 4.69) is 10.3 Å². The molecule has 0 aliphatic rings. The average molecular weight is 242 g/mol. The van der Waals surface area contributed by atoms with Crippen molar-refractivity contribution < 1.29 is 14.8 Å². The van der Waals surface area contributed by atoms with Gasteiger partial charge in [-0.3, -0.25) is 9.78 Å². The first kappa shape index (κ1) is 12.3. The zero-order chi connectivity index (χ0) is 13.0. The van der Waals surface area contributed by atoms with Crippen LogP contribution in [0.2, 0.25) is 0 Å². The van der Waals surface area contributed by atoms with Gasteiger partial charge in [-0.05, 0) is 29.7 Å². The van der Waals surface area contributed by atoms with Crippen LogP contribution in [0.4, 0.5) is 5.69 Å². The third kappa shape index (κ3) is 2.94. The van der Waals surface area contributed by atoms with Crippen molar-refractivity contribution >= 4 is 24.2 Å². The normalized spacial score (nSPS) is 9.89. The number of anilines is 1. The molecular weight excluding hydrogens is 231 g/mol. The quantitative estimate of drug-likeness (QED) is 0.662. The molecule has 1 heterocycles. The lowest BCUT2D eigenvalue weighted by atomic mass is 9.80. The van der Waals surface area contributed by atoms with Gasteiger partial charge in [0.05, 0.1) is 11.9 Å². The lowest BCUT2D eigenvalue weighted by molar-refractivity contribution is 0.102. The Bertz CT molecular complexity index is 529. The highest BCUT2D eigenvalue weighted by Crippen LogP contribution is 2.06. The molecule has 0 fully saturated rings. The molecule has 2 rings (SSSR count). The average Bonchev–Trinajstić information content (AvgIpc) is 2.40. The minimum atomic E-state index is -1.53. The van der Waals surface area contributed by atoms with Crippen LogP contribution in [0.15, 0.2) is 48.8 Å². The first-order valence-corrected chi connectivity index (χ1v) is 5.34. The van der Waals surface area contributed by atoms with Crippen LogP contribution in [-0.2, 0) is 0 Å². The Kier molecular flexibility index (Phi) is 3.71. The van der Waals surface area contributed by atoms with E-state index in [1.807, 2.05) is 0 Å². The summed E-state index contributed by atoms with van der Waals surface area (Å²) >= 11 is 0. The van der Waals surface area contributed by atoms with Gasteiger partial charge in [0.2, 0.25) is 0 Å². The maximum atomic E-state index is 11.8. The Balaban J connectivity index is 2.10. The molecule has 1 aromatic heterocycles. The molecule has 1 amide bonds. The molecule has 90 valence electrons. The molecule has 3 N–H and O–H groups in total. The van der Waals surface area contributed by atoms with Crippen LogP contribution in [0.25, 0.3) is 0 Å². The summed E-state index contributed by atoms with van der Waals surface area (Å²) in [5, 5.41) is 20.6. The maximum absolute atomic E-state index is 11.8. The fourth-order valence-corrected chi connectivity index (χ4v) is 1.45. The molecule has 0 atom stereocenters. The zero-order valence-electron chi connectivity index (χ0n) is 9.45. The number of pyridine rings is 1. The van der Waals surface area contributed by atoms with Gasteiger partial charge >= 0.3 is 7.12 Å². The summed E-state index contributed by atoms with van der Waals surface area (Å²) in [7, 11) is -1.53. The third-order valence-electron chi connectivity index (χ3n) is 2.39. The fourth-order valence-electron chi connectivity index (χ4n) is 1.45. The number of hydrogen-bond donors (Lipinski definition) is 3. The minimum absolute atomic E-state index is 0.276. The van der Waals surface area contributed by atoms with Crippen LogP contribution in [0.1, 0.15) is 10.4 Å². The predicted octanol–water partition coefficient (Wildman–Crippen LogP) is 0.0137. The SMILES string of the molecule is O=C(Nc1cccnc1)c1ccc(B(O)O)cc1. The van der Waals surface area contributed by atoms with E-state index in [9.17, 15) is 4.79 Å². The van der Waals surface area contributed by atoms with Gasteiger partial charge < -0.3 is 15.4 Å². The number of rotatable bonds is 3. The van der Waals surface area contributed by atoms with Crippen molar-refractivity contribution in [1.29, 1.82) is 0 Å². The second-order valence-corrected chi connectivity index (χ2v) is 3.69. The lowest BCUT2D eigenvalue weighted by Crippen LogP contribution is -2.29. The Morgan fingerprint density at radius 3 is 2.44 bits per heavy atom. The fraction of sp³-hybridized carbons (Fsp3) is 0. The minimum Gasteiger partial charge on any atom is -0.423 e. The number of amides is 1. The highest BCUT2D eigenvalue weighted by atomic mass is 16.4. The number of hydrogen-bond acceptors (Lipinski definition) is 4. The van der Waals surface area contributed by atoms with Crippen molar-refractivity contribution in [2.75, 3.05) is 5.32 Å². The number of nitrogens with zero attached hydrogens (tertiary/aromatic N) is 1. The molecule has 2 aromatic rings. The number of nitrogens with one attached hydrogen (secondary N) is 1. The van der Waals surface area contributed by atoms with E-state index < -0.39 is 7.12 Å². The van der Waals surface area contributed by atoms with E-state index in [0.717, 1.165) is 0 Å². The lowest BCUT2D eigenvalue weighted by Gasteiger charge is -2.05. The smallest absolute Gasteiger partial charge is 0.423 e. The van der Waals surface area contributed by atoms with E-state index >= 15 is 0 Å². The standard InChI is InChI=1S/C12H11BN2O3/c16-12(15-11-2-1-7-14-8-11)9-3-5-10(6-4-9)13(17)18/h1-8,17-18H,(H,15,16). The molecule has 0 spiro atoms. The van der Waals surface area contributed by atoms with Crippen molar-refractivity contribution in [3.05, 3.63) is 54.4 Å². The van der Waals surface area contributed by atoms with Gasteiger partial charge in [-0.25, -0.2) is 0 Å². The highest BCUT2D eigenvalue weighted by Gasteiger charge is 2.12. The highest BCUT2D eigenvalue weighted by molar-refractivity contribution is 6.58. The number of carbonyl (C=O) groups is 1. The number of carbonyl (C=O) groups excluding carboxylic acids is 1. The van der Waals surface area contributed by atoms with Gasteiger partial charge in [0.1, 0.15) is 0 Å². The molecule has 5 nitrogen and oxygen atoms in total. The molecule has 6 heteroatoms. The number of benzene rings is 1. The van der Waals surface area contributed by atoms with E-state index in [1.165, 1.54) is 24.3 Å². The molecule has 0 radical (unpaired) electrons. The topological polar surface area (TPSA) is 82.5 Å². The zero-order valence-corrected chi connectivity index (χ0v) is 9.45. The third-order valence-corrected chi connectivity index (χ3v) is 2.39. The Labute approximate surface area is 104 Å². The number of aromatic nitrogens is 1. The van der Waals surface area contributed by atoms with Crippen LogP contribution >= 0.6 is 0 Å². The van der Waals surface area contributed by atoms with Crippen LogP contribution in [0.3, 0.4) is 0 Å². The summed E-state index contributed by atoms with van der Waals surface area (Å²) in [5.41, 5.74) is 1.38. The van der Waals surface area contributed by atoms with Crippen molar-refractivity contribution in [3.63, 3.8) is 0 Å². The van der Waals surface area contributed by atoms with E-state index in [4.69, 9.17) is 10.0 Å². The van der Waals surface area contributed by atoms with Crippen LogP contribution in [0.5, 0.6) is 0 Å². The van der Waals surface area contributed by atoms with Crippen LogP contribution < -0.4 is 10.8 Å². The Morgan fingerprint density at radius 2 is 1.89 bits per heavy atom.